The summed E-state index contributed by atoms with van der Waals surface area (Å²) in [6.45, 7) is 8.58. The molecule has 0 N–H and O–H groups in total. The lowest BCUT2D eigenvalue weighted by molar-refractivity contribution is -0.116. The van der Waals surface area contributed by atoms with Crippen LogP contribution in [0.5, 0.6) is 0 Å². The lowest BCUT2D eigenvalue weighted by atomic mass is 9.66. The van der Waals surface area contributed by atoms with E-state index in [0.717, 1.165) is 12.8 Å². The van der Waals surface area contributed by atoms with Crippen molar-refractivity contribution in [2.24, 2.45) is 16.7 Å². The van der Waals surface area contributed by atoms with Gasteiger partial charge in [0, 0.05) is 6.42 Å². The van der Waals surface area contributed by atoms with Crippen molar-refractivity contribution in [3.8, 4) is 0 Å². The summed E-state index contributed by atoms with van der Waals surface area (Å²) in [7, 11) is 0. The van der Waals surface area contributed by atoms with Gasteiger partial charge in [0.05, 0.1) is 0 Å². The van der Waals surface area contributed by atoms with Gasteiger partial charge in [0.1, 0.15) is 0 Å². The molecule has 0 aliphatic heterocycles. The molecule has 2 saturated carbocycles. The number of rotatable bonds is 1. The molecule has 1 spiro atoms. The third-order valence-electron chi connectivity index (χ3n) is 5.29. The molecule has 0 heterocycles. The minimum atomic E-state index is 0.294. The second kappa shape index (κ2) is 2.88. The lowest BCUT2D eigenvalue weighted by Crippen LogP contribution is -2.29. The van der Waals surface area contributed by atoms with Gasteiger partial charge in [-0.2, -0.15) is 0 Å². The van der Waals surface area contributed by atoms with E-state index in [1.807, 2.05) is 6.08 Å². The van der Waals surface area contributed by atoms with Gasteiger partial charge in [-0.05, 0) is 55.4 Å². The van der Waals surface area contributed by atoms with Crippen molar-refractivity contribution >= 4 is 5.78 Å². The highest BCUT2D eigenvalue weighted by atomic mass is 16.1. The summed E-state index contributed by atoms with van der Waals surface area (Å²) in [5.41, 5.74) is 3.48. The molecule has 3 unspecified atom stereocenters. The molecule has 3 aliphatic carbocycles. The summed E-state index contributed by atoms with van der Waals surface area (Å²) >= 11 is 0. The van der Waals surface area contributed by atoms with Crippen LogP contribution < -0.4 is 0 Å². The van der Waals surface area contributed by atoms with E-state index in [9.17, 15) is 4.79 Å². The Morgan fingerprint density at radius 1 is 1.56 bits per heavy atom. The largest absolute Gasteiger partial charge is 0.295 e. The van der Waals surface area contributed by atoms with Crippen molar-refractivity contribution in [2.75, 3.05) is 0 Å². The summed E-state index contributed by atoms with van der Waals surface area (Å²) in [4.78, 5) is 11.7. The van der Waals surface area contributed by atoms with Crippen LogP contribution in [-0.2, 0) is 4.79 Å². The molecular formula is C15H20O. The lowest BCUT2D eigenvalue weighted by Gasteiger charge is -2.37. The maximum Gasteiger partial charge on any atom is 0.156 e. The van der Waals surface area contributed by atoms with Crippen molar-refractivity contribution in [1.29, 1.82) is 0 Å². The van der Waals surface area contributed by atoms with Crippen LogP contribution in [0.2, 0.25) is 0 Å². The maximum absolute atomic E-state index is 11.7. The van der Waals surface area contributed by atoms with Gasteiger partial charge >= 0.3 is 0 Å². The zero-order chi connectivity index (χ0) is 11.6. The Balaban J connectivity index is 1.95. The number of hydrogen-bond donors (Lipinski definition) is 0. The van der Waals surface area contributed by atoms with Crippen molar-refractivity contribution in [3.05, 3.63) is 23.8 Å². The van der Waals surface area contributed by atoms with Gasteiger partial charge in [0.25, 0.3) is 0 Å². The Morgan fingerprint density at radius 2 is 2.31 bits per heavy atom. The van der Waals surface area contributed by atoms with Crippen LogP contribution in [-0.4, -0.2) is 5.78 Å². The molecule has 0 aromatic carbocycles. The fourth-order valence-corrected chi connectivity index (χ4v) is 4.16. The first kappa shape index (κ1) is 10.3. The van der Waals surface area contributed by atoms with Crippen LogP contribution in [0.25, 0.3) is 0 Å². The SMILES string of the molecule is C=C(C)C1CCC2=CC(=O)CC3(C)CC23C1. The molecule has 3 aliphatic rings. The third-order valence-corrected chi connectivity index (χ3v) is 5.29. The van der Waals surface area contributed by atoms with Crippen LogP contribution in [0.15, 0.2) is 23.8 Å². The average molecular weight is 216 g/mol. The van der Waals surface area contributed by atoms with E-state index in [2.05, 4.69) is 20.4 Å². The summed E-state index contributed by atoms with van der Waals surface area (Å²) < 4.78 is 0. The Morgan fingerprint density at radius 3 is 3.00 bits per heavy atom. The Kier molecular flexibility index (Phi) is 1.86. The first-order valence-electron chi connectivity index (χ1n) is 6.36. The van der Waals surface area contributed by atoms with Gasteiger partial charge in [-0.25, -0.2) is 0 Å². The van der Waals surface area contributed by atoms with Gasteiger partial charge in [-0.15, -0.1) is 0 Å². The van der Waals surface area contributed by atoms with E-state index in [1.54, 1.807) is 0 Å². The average Bonchev–Trinajstić information content (AvgIpc) is 2.77. The van der Waals surface area contributed by atoms with Crippen molar-refractivity contribution in [2.45, 2.75) is 46.0 Å². The summed E-state index contributed by atoms with van der Waals surface area (Å²) in [6, 6.07) is 0. The molecule has 1 heteroatoms. The third kappa shape index (κ3) is 1.15. The van der Waals surface area contributed by atoms with Crippen molar-refractivity contribution in [3.63, 3.8) is 0 Å². The molecule has 3 rings (SSSR count). The first-order chi connectivity index (χ1) is 7.47. The minimum absolute atomic E-state index is 0.294. The topological polar surface area (TPSA) is 17.1 Å². The summed E-state index contributed by atoms with van der Waals surface area (Å²) in [5.74, 6) is 1.05. The molecule has 0 aromatic heterocycles. The fourth-order valence-electron chi connectivity index (χ4n) is 4.16. The van der Waals surface area contributed by atoms with Gasteiger partial charge in [0.2, 0.25) is 0 Å². The minimum Gasteiger partial charge on any atom is -0.295 e. The zero-order valence-electron chi connectivity index (χ0n) is 10.3. The normalized spacial score (nSPS) is 45.5. The van der Waals surface area contributed by atoms with E-state index in [4.69, 9.17) is 0 Å². The number of hydrogen-bond acceptors (Lipinski definition) is 1. The predicted octanol–water partition coefficient (Wildman–Crippen LogP) is 3.66. The van der Waals surface area contributed by atoms with Crippen LogP contribution in [0.1, 0.15) is 46.0 Å². The monoisotopic (exact) mass is 216 g/mol. The molecule has 0 radical (unpaired) electrons. The zero-order valence-corrected chi connectivity index (χ0v) is 10.3. The van der Waals surface area contributed by atoms with Crippen LogP contribution in [0.3, 0.4) is 0 Å². The molecule has 16 heavy (non-hydrogen) atoms. The van der Waals surface area contributed by atoms with E-state index in [1.165, 1.54) is 30.4 Å². The van der Waals surface area contributed by atoms with Crippen LogP contribution in [0, 0.1) is 16.7 Å². The van der Waals surface area contributed by atoms with E-state index < -0.39 is 0 Å². The number of carbonyl (C=O) groups excluding carboxylic acids is 1. The van der Waals surface area contributed by atoms with Gasteiger partial charge in [-0.1, -0.05) is 24.6 Å². The molecule has 0 amide bonds. The fraction of sp³-hybridized carbons (Fsp3) is 0.667. The van der Waals surface area contributed by atoms with Gasteiger partial charge < -0.3 is 0 Å². The van der Waals surface area contributed by atoms with Crippen LogP contribution >= 0.6 is 0 Å². The second-order valence-electron chi connectivity index (χ2n) is 6.42. The second-order valence-corrected chi connectivity index (χ2v) is 6.42. The van der Waals surface area contributed by atoms with E-state index >= 15 is 0 Å². The predicted molar refractivity (Wildman–Crippen MR) is 65.0 cm³/mol. The molecule has 0 aromatic rings. The number of carbonyl (C=O) groups is 1. The van der Waals surface area contributed by atoms with Gasteiger partial charge in [0.15, 0.2) is 5.78 Å². The number of ketones is 1. The molecular weight excluding hydrogens is 196 g/mol. The van der Waals surface area contributed by atoms with Crippen molar-refractivity contribution < 1.29 is 4.79 Å². The molecule has 0 bridgehead atoms. The Hall–Kier alpha value is -0.850. The summed E-state index contributed by atoms with van der Waals surface area (Å²) in [6.07, 6.45) is 7.55. The Bertz CT molecular complexity index is 417. The molecule has 1 nitrogen and oxygen atoms in total. The first-order valence-corrected chi connectivity index (χ1v) is 6.36. The van der Waals surface area contributed by atoms with E-state index in [0.29, 0.717) is 22.5 Å². The molecule has 2 fully saturated rings. The highest BCUT2D eigenvalue weighted by Gasteiger charge is 2.68. The molecule has 0 saturated heterocycles. The quantitative estimate of drug-likeness (QED) is 0.611. The number of allylic oxidation sites excluding steroid dienone is 3. The van der Waals surface area contributed by atoms with Gasteiger partial charge in [-0.3, -0.25) is 4.79 Å². The molecule has 3 atom stereocenters. The smallest absolute Gasteiger partial charge is 0.156 e. The van der Waals surface area contributed by atoms with Crippen molar-refractivity contribution in [1.82, 2.24) is 0 Å². The highest BCUT2D eigenvalue weighted by molar-refractivity contribution is 5.93. The molecule has 86 valence electrons. The van der Waals surface area contributed by atoms with E-state index in [-0.39, 0.29) is 0 Å². The maximum atomic E-state index is 11.7. The Labute approximate surface area is 97.6 Å². The standard InChI is InChI=1S/C15H20O/c1-10(2)11-4-5-12-6-13(16)8-14(3)9-15(12,14)7-11/h6,11H,1,4-5,7-9H2,2-3H3. The van der Waals surface area contributed by atoms with Crippen LogP contribution in [0.4, 0.5) is 0 Å². The highest BCUT2D eigenvalue weighted by Crippen LogP contribution is 2.76. The summed E-state index contributed by atoms with van der Waals surface area (Å²) in [5, 5.41) is 0.